The molecule has 3 aromatic rings. The zero-order chi connectivity index (χ0) is 18.7. The number of carboxylic acids is 1. The van der Waals surface area contributed by atoms with Crippen molar-refractivity contribution in [3.63, 3.8) is 0 Å². The summed E-state index contributed by atoms with van der Waals surface area (Å²) in [5, 5.41) is 14.7. The lowest BCUT2D eigenvalue weighted by Gasteiger charge is -2.12. The molecule has 0 fully saturated rings. The Morgan fingerprint density at radius 1 is 1.00 bits per heavy atom. The van der Waals surface area contributed by atoms with Crippen LogP contribution in [-0.4, -0.2) is 20.9 Å². The molecule has 1 aromatic heterocycles. The van der Waals surface area contributed by atoms with Crippen LogP contribution in [-0.2, 0) is 19.4 Å². The predicted octanol–water partition coefficient (Wildman–Crippen LogP) is 5.03. The third-order valence-electron chi connectivity index (χ3n) is 4.29. The molecule has 26 heavy (non-hydrogen) atoms. The molecular formula is C20H18Cl2N2O2. The van der Waals surface area contributed by atoms with Gasteiger partial charge in [-0.2, -0.15) is 5.10 Å². The standard InChI is InChI=1S/C20H18Cl2N2O2/c1-13-10-19(20(25)26)23-24(13)12-16-11-18(22)9-6-15(16)5-2-14-3-7-17(21)8-4-14/h3-4,6-11H,2,5,12H2,1H3,(H,25,26). The lowest BCUT2D eigenvalue weighted by atomic mass is 9.99. The fourth-order valence-corrected chi connectivity index (χ4v) is 3.17. The van der Waals surface area contributed by atoms with Gasteiger partial charge in [0.25, 0.3) is 0 Å². The highest BCUT2D eigenvalue weighted by atomic mass is 35.5. The summed E-state index contributed by atoms with van der Waals surface area (Å²) in [5.74, 6) is -1.03. The summed E-state index contributed by atoms with van der Waals surface area (Å²) in [6, 6.07) is 15.2. The summed E-state index contributed by atoms with van der Waals surface area (Å²) >= 11 is 12.1. The van der Waals surface area contributed by atoms with E-state index in [0.29, 0.717) is 11.6 Å². The molecular weight excluding hydrogens is 371 g/mol. The van der Waals surface area contributed by atoms with Crippen molar-refractivity contribution in [3.8, 4) is 0 Å². The van der Waals surface area contributed by atoms with E-state index in [1.807, 2.05) is 49.4 Å². The van der Waals surface area contributed by atoms with Gasteiger partial charge in [0, 0.05) is 15.7 Å². The summed E-state index contributed by atoms with van der Waals surface area (Å²) in [4.78, 5) is 11.1. The smallest absolute Gasteiger partial charge is 0.356 e. The number of aromatic nitrogens is 2. The third-order valence-corrected chi connectivity index (χ3v) is 4.77. The first-order valence-corrected chi connectivity index (χ1v) is 8.97. The summed E-state index contributed by atoms with van der Waals surface area (Å²) in [7, 11) is 0. The second kappa shape index (κ2) is 7.94. The maximum Gasteiger partial charge on any atom is 0.356 e. The molecule has 0 saturated heterocycles. The molecule has 0 unspecified atom stereocenters. The fourth-order valence-electron chi connectivity index (χ4n) is 2.85. The number of hydrogen-bond acceptors (Lipinski definition) is 2. The van der Waals surface area contributed by atoms with Crippen LogP contribution in [0.1, 0.15) is 32.9 Å². The monoisotopic (exact) mass is 388 g/mol. The minimum atomic E-state index is -1.03. The molecule has 0 radical (unpaired) electrons. The van der Waals surface area contributed by atoms with Crippen LogP contribution in [0.5, 0.6) is 0 Å². The maximum atomic E-state index is 11.1. The maximum absolute atomic E-state index is 11.1. The quantitative estimate of drug-likeness (QED) is 0.643. The van der Waals surface area contributed by atoms with Crippen molar-refractivity contribution in [2.24, 2.45) is 0 Å². The van der Waals surface area contributed by atoms with E-state index < -0.39 is 5.97 Å². The Kier molecular flexibility index (Phi) is 5.64. The van der Waals surface area contributed by atoms with Crippen LogP contribution in [0.25, 0.3) is 0 Å². The van der Waals surface area contributed by atoms with Gasteiger partial charge in [-0.15, -0.1) is 0 Å². The molecule has 0 aliphatic heterocycles. The number of aromatic carboxylic acids is 1. The van der Waals surface area contributed by atoms with Crippen molar-refractivity contribution in [2.45, 2.75) is 26.3 Å². The highest BCUT2D eigenvalue weighted by Gasteiger charge is 2.12. The Labute approximate surface area is 162 Å². The van der Waals surface area contributed by atoms with Gasteiger partial charge in [0.05, 0.1) is 6.54 Å². The first-order chi connectivity index (χ1) is 12.4. The molecule has 0 amide bonds. The van der Waals surface area contributed by atoms with E-state index in [0.717, 1.165) is 34.7 Å². The summed E-state index contributed by atoms with van der Waals surface area (Å²) in [5.41, 5.74) is 4.25. The van der Waals surface area contributed by atoms with Crippen LogP contribution in [0, 0.1) is 6.92 Å². The van der Waals surface area contributed by atoms with Crippen molar-refractivity contribution in [1.82, 2.24) is 9.78 Å². The molecule has 0 saturated carbocycles. The molecule has 0 atom stereocenters. The highest BCUT2D eigenvalue weighted by Crippen LogP contribution is 2.20. The highest BCUT2D eigenvalue weighted by molar-refractivity contribution is 6.30. The lowest BCUT2D eigenvalue weighted by molar-refractivity contribution is 0.0689. The molecule has 6 heteroatoms. The Balaban J connectivity index is 1.81. The number of aryl methyl sites for hydroxylation is 3. The summed E-state index contributed by atoms with van der Waals surface area (Å²) < 4.78 is 1.70. The first kappa shape index (κ1) is 18.5. The van der Waals surface area contributed by atoms with Gasteiger partial charge in [-0.05, 0) is 66.8 Å². The number of rotatable bonds is 6. The molecule has 134 valence electrons. The molecule has 1 heterocycles. The molecule has 1 N–H and O–H groups in total. The van der Waals surface area contributed by atoms with E-state index in [-0.39, 0.29) is 5.69 Å². The molecule has 2 aromatic carbocycles. The molecule has 4 nitrogen and oxygen atoms in total. The van der Waals surface area contributed by atoms with E-state index in [2.05, 4.69) is 5.10 Å². The van der Waals surface area contributed by atoms with Gasteiger partial charge >= 0.3 is 5.97 Å². The zero-order valence-electron chi connectivity index (χ0n) is 14.2. The molecule has 0 bridgehead atoms. The van der Waals surface area contributed by atoms with E-state index in [4.69, 9.17) is 28.3 Å². The Morgan fingerprint density at radius 2 is 1.69 bits per heavy atom. The van der Waals surface area contributed by atoms with Crippen molar-refractivity contribution < 1.29 is 9.90 Å². The second-order valence-corrected chi connectivity index (χ2v) is 7.05. The number of carboxylic acid groups (broad SMARTS) is 1. The van der Waals surface area contributed by atoms with Crippen molar-refractivity contribution >= 4 is 29.2 Å². The predicted molar refractivity (Wildman–Crippen MR) is 103 cm³/mol. The minimum absolute atomic E-state index is 0.0484. The van der Waals surface area contributed by atoms with E-state index >= 15 is 0 Å². The lowest BCUT2D eigenvalue weighted by Crippen LogP contribution is -2.08. The van der Waals surface area contributed by atoms with Crippen LogP contribution >= 0.6 is 23.2 Å². The van der Waals surface area contributed by atoms with Crippen molar-refractivity contribution in [1.29, 1.82) is 0 Å². The largest absolute Gasteiger partial charge is 0.476 e. The van der Waals surface area contributed by atoms with Crippen molar-refractivity contribution in [3.05, 3.63) is 86.7 Å². The molecule has 3 rings (SSSR count). The number of halogens is 2. The van der Waals surface area contributed by atoms with Gasteiger partial charge in [-0.3, -0.25) is 4.68 Å². The summed E-state index contributed by atoms with van der Waals surface area (Å²) in [6.45, 7) is 2.33. The van der Waals surface area contributed by atoms with Crippen LogP contribution in [0.2, 0.25) is 10.0 Å². The van der Waals surface area contributed by atoms with Crippen LogP contribution in [0.15, 0.2) is 48.5 Å². The third kappa shape index (κ3) is 4.45. The molecule has 0 aliphatic carbocycles. The SMILES string of the molecule is Cc1cc(C(=O)O)nn1Cc1cc(Cl)ccc1CCc1ccc(Cl)cc1. The number of benzene rings is 2. The Morgan fingerprint density at radius 3 is 2.35 bits per heavy atom. The second-order valence-electron chi connectivity index (χ2n) is 6.17. The Bertz CT molecular complexity index is 933. The van der Waals surface area contributed by atoms with Gasteiger partial charge in [-0.1, -0.05) is 41.4 Å². The summed E-state index contributed by atoms with van der Waals surface area (Å²) in [6.07, 6.45) is 1.73. The van der Waals surface area contributed by atoms with E-state index in [1.165, 1.54) is 5.56 Å². The number of nitrogens with zero attached hydrogens (tertiary/aromatic N) is 2. The molecule has 0 aliphatic rings. The van der Waals surface area contributed by atoms with E-state index in [1.54, 1.807) is 10.7 Å². The van der Waals surface area contributed by atoms with Crippen LogP contribution in [0.3, 0.4) is 0 Å². The van der Waals surface area contributed by atoms with Gasteiger partial charge in [-0.25, -0.2) is 4.79 Å². The first-order valence-electron chi connectivity index (χ1n) is 8.22. The number of carbonyl (C=O) groups is 1. The zero-order valence-corrected chi connectivity index (χ0v) is 15.8. The number of hydrogen-bond donors (Lipinski definition) is 1. The van der Waals surface area contributed by atoms with Crippen molar-refractivity contribution in [2.75, 3.05) is 0 Å². The normalized spacial score (nSPS) is 10.9. The minimum Gasteiger partial charge on any atom is -0.476 e. The average molecular weight is 389 g/mol. The van der Waals surface area contributed by atoms with Gasteiger partial charge < -0.3 is 5.11 Å². The van der Waals surface area contributed by atoms with Crippen LogP contribution in [0.4, 0.5) is 0 Å². The Hall–Kier alpha value is -2.30. The average Bonchev–Trinajstić information content (AvgIpc) is 2.97. The van der Waals surface area contributed by atoms with Gasteiger partial charge in [0.15, 0.2) is 5.69 Å². The van der Waals surface area contributed by atoms with E-state index in [9.17, 15) is 4.79 Å². The van der Waals surface area contributed by atoms with Crippen LogP contribution < -0.4 is 0 Å². The van der Waals surface area contributed by atoms with Gasteiger partial charge in [0.2, 0.25) is 0 Å². The fraction of sp³-hybridized carbons (Fsp3) is 0.200. The molecule has 0 spiro atoms. The van der Waals surface area contributed by atoms with Gasteiger partial charge in [0.1, 0.15) is 0 Å². The topological polar surface area (TPSA) is 55.1 Å².